The molecule has 1 heterocycles. The Hall–Kier alpha value is -2.62. The third-order valence-corrected chi connectivity index (χ3v) is 5.70. The Morgan fingerprint density at radius 2 is 1.61 bits per heavy atom. The lowest BCUT2D eigenvalue weighted by atomic mass is 9.83. The number of hydrogen-bond donors (Lipinski definition) is 0. The van der Waals surface area contributed by atoms with Crippen LogP contribution in [0.4, 0.5) is 18.0 Å². The molecule has 2 fully saturated rings. The molecule has 0 N–H and O–H groups in total. The SMILES string of the molecule is O=C(OC(=O)C(F)(F)F)[C@@H]1CCCC[C@H]1N1CCN(C(=O)OCc2ccccc2)CC1. The number of rotatable bonds is 4. The number of nitrogens with zero attached hydrogens (tertiary/aromatic N) is 2. The van der Waals surface area contributed by atoms with Gasteiger partial charge in [-0.25, -0.2) is 9.59 Å². The van der Waals surface area contributed by atoms with Crippen LogP contribution in [0.1, 0.15) is 31.2 Å². The van der Waals surface area contributed by atoms with Crippen molar-refractivity contribution < 1.29 is 37.0 Å². The van der Waals surface area contributed by atoms with Crippen molar-refractivity contribution in [2.24, 2.45) is 5.92 Å². The molecule has 1 aromatic rings. The van der Waals surface area contributed by atoms with Gasteiger partial charge in [0.2, 0.25) is 0 Å². The predicted octanol–water partition coefficient (Wildman–Crippen LogP) is 3.13. The number of esters is 2. The van der Waals surface area contributed by atoms with Gasteiger partial charge in [-0.2, -0.15) is 13.2 Å². The molecule has 0 spiro atoms. The second-order valence-electron chi connectivity index (χ2n) is 7.73. The van der Waals surface area contributed by atoms with E-state index in [1.54, 1.807) is 4.90 Å². The quantitative estimate of drug-likeness (QED) is 0.527. The second-order valence-corrected chi connectivity index (χ2v) is 7.73. The molecule has 1 saturated heterocycles. The Labute approximate surface area is 178 Å². The highest BCUT2D eigenvalue weighted by molar-refractivity contribution is 5.89. The number of piperazine rings is 1. The van der Waals surface area contributed by atoms with E-state index in [9.17, 15) is 27.6 Å². The molecule has 0 unspecified atom stereocenters. The molecule has 2 atom stereocenters. The van der Waals surface area contributed by atoms with E-state index in [2.05, 4.69) is 4.74 Å². The Morgan fingerprint density at radius 3 is 2.26 bits per heavy atom. The fraction of sp³-hybridized carbons (Fsp3) is 0.571. The first-order chi connectivity index (χ1) is 14.8. The minimum Gasteiger partial charge on any atom is -0.445 e. The predicted molar refractivity (Wildman–Crippen MR) is 103 cm³/mol. The van der Waals surface area contributed by atoms with Crippen LogP contribution in [0.2, 0.25) is 0 Å². The normalized spacial score (nSPS) is 22.6. The van der Waals surface area contributed by atoms with Crippen molar-refractivity contribution in [3.63, 3.8) is 0 Å². The Morgan fingerprint density at radius 1 is 0.968 bits per heavy atom. The molecule has 1 amide bonds. The van der Waals surface area contributed by atoms with E-state index >= 15 is 0 Å². The third kappa shape index (κ3) is 6.19. The Kier molecular flexibility index (Phi) is 7.53. The van der Waals surface area contributed by atoms with Gasteiger partial charge in [0.15, 0.2) is 0 Å². The van der Waals surface area contributed by atoms with Crippen molar-refractivity contribution in [3.8, 4) is 0 Å². The van der Waals surface area contributed by atoms with Gasteiger partial charge in [-0.3, -0.25) is 9.69 Å². The average Bonchev–Trinajstić information content (AvgIpc) is 2.77. The monoisotopic (exact) mass is 442 g/mol. The van der Waals surface area contributed by atoms with Gasteiger partial charge in [-0.15, -0.1) is 0 Å². The van der Waals surface area contributed by atoms with Gasteiger partial charge < -0.3 is 14.4 Å². The maximum atomic E-state index is 12.4. The lowest BCUT2D eigenvalue weighted by Gasteiger charge is -2.42. The van der Waals surface area contributed by atoms with Gasteiger partial charge in [0.05, 0.1) is 5.92 Å². The summed E-state index contributed by atoms with van der Waals surface area (Å²) >= 11 is 0. The van der Waals surface area contributed by atoms with Crippen LogP contribution in [-0.4, -0.2) is 66.2 Å². The minimum atomic E-state index is -5.20. The van der Waals surface area contributed by atoms with Crippen molar-refractivity contribution in [1.82, 2.24) is 9.80 Å². The van der Waals surface area contributed by atoms with E-state index in [1.165, 1.54) is 0 Å². The molecule has 0 radical (unpaired) electrons. The molecule has 10 heteroatoms. The molecular weight excluding hydrogens is 417 g/mol. The number of alkyl halides is 3. The topological polar surface area (TPSA) is 76.2 Å². The highest BCUT2D eigenvalue weighted by Gasteiger charge is 2.45. The molecule has 1 aliphatic heterocycles. The first kappa shape index (κ1) is 23.1. The zero-order valence-corrected chi connectivity index (χ0v) is 17.0. The first-order valence-corrected chi connectivity index (χ1v) is 10.3. The summed E-state index contributed by atoms with van der Waals surface area (Å²) in [5.41, 5.74) is 0.881. The van der Waals surface area contributed by atoms with Crippen LogP contribution in [-0.2, 0) is 25.7 Å². The molecule has 170 valence electrons. The van der Waals surface area contributed by atoms with E-state index in [-0.39, 0.29) is 12.6 Å². The summed E-state index contributed by atoms with van der Waals surface area (Å²) in [6, 6.07) is 8.99. The van der Waals surface area contributed by atoms with Crippen LogP contribution in [0.3, 0.4) is 0 Å². The lowest BCUT2D eigenvalue weighted by Crippen LogP contribution is -2.55. The molecule has 1 aliphatic carbocycles. The summed E-state index contributed by atoms with van der Waals surface area (Å²) in [6.45, 7) is 1.86. The van der Waals surface area contributed by atoms with Gasteiger partial charge in [0, 0.05) is 32.2 Å². The molecule has 31 heavy (non-hydrogen) atoms. The Bertz CT molecular complexity index is 779. The number of ether oxygens (including phenoxy) is 2. The summed E-state index contributed by atoms with van der Waals surface area (Å²) in [5.74, 6) is -4.40. The smallest absolute Gasteiger partial charge is 0.445 e. The van der Waals surface area contributed by atoms with Crippen molar-refractivity contribution in [3.05, 3.63) is 35.9 Å². The van der Waals surface area contributed by atoms with Crippen LogP contribution in [0.5, 0.6) is 0 Å². The summed E-state index contributed by atoms with van der Waals surface area (Å²) in [7, 11) is 0. The van der Waals surface area contributed by atoms with Crippen molar-refractivity contribution in [2.75, 3.05) is 26.2 Å². The van der Waals surface area contributed by atoms with Crippen LogP contribution in [0.25, 0.3) is 0 Å². The number of hydrogen-bond acceptors (Lipinski definition) is 6. The third-order valence-electron chi connectivity index (χ3n) is 5.70. The zero-order chi connectivity index (χ0) is 22.4. The maximum absolute atomic E-state index is 12.4. The fourth-order valence-corrected chi connectivity index (χ4v) is 4.09. The molecular formula is C21H25F3N2O5. The fourth-order valence-electron chi connectivity index (χ4n) is 4.09. The molecule has 1 aromatic carbocycles. The van der Waals surface area contributed by atoms with E-state index in [1.807, 2.05) is 35.2 Å². The van der Waals surface area contributed by atoms with Gasteiger partial charge in [-0.1, -0.05) is 43.2 Å². The largest absolute Gasteiger partial charge is 0.491 e. The van der Waals surface area contributed by atoms with Crippen molar-refractivity contribution in [1.29, 1.82) is 0 Å². The summed E-state index contributed by atoms with van der Waals surface area (Å²) < 4.78 is 46.7. The van der Waals surface area contributed by atoms with Gasteiger partial charge in [0.25, 0.3) is 0 Å². The van der Waals surface area contributed by atoms with Crippen LogP contribution < -0.4 is 0 Å². The number of carbonyl (C=O) groups is 3. The molecule has 7 nitrogen and oxygen atoms in total. The summed E-state index contributed by atoms with van der Waals surface area (Å²) in [6.07, 6.45) is -3.12. The molecule has 2 aliphatic rings. The highest BCUT2D eigenvalue weighted by Crippen LogP contribution is 2.31. The molecule has 1 saturated carbocycles. The average molecular weight is 442 g/mol. The van der Waals surface area contributed by atoms with Gasteiger partial charge in [-0.05, 0) is 18.4 Å². The first-order valence-electron chi connectivity index (χ1n) is 10.3. The second kappa shape index (κ2) is 10.1. The number of amides is 1. The highest BCUT2D eigenvalue weighted by atomic mass is 19.4. The number of benzene rings is 1. The number of carbonyl (C=O) groups excluding carboxylic acids is 3. The van der Waals surface area contributed by atoms with Crippen LogP contribution in [0, 0.1) is 5.92 Å². The molecule has 3 rings (SSSR count). The van der Waals surface area contributed by atoms with E-state index < -0.39 is 30.1 Å². The van der Waals surface area contributed by atoms with Crippen molar-refractivity contribution in [2.45, 2.75) is 44.5 Å². The Balaban J connectivity index is 1.51. The molecule has 0 bridgehead atoms. The minimum absolute atomic E-state index is 0.170. The zero-order valence-electron chi connectivity index (χ0n) is 17.0. The summed E-state index contributed by atoms with van der Waals surface area (Å²) in [4.78, 5) is 39.2. The van der Waals surface area contributed by atoms with Gasteiger partial charge in [0.1, 0.15) is 6.61 Å². The van der Waals surface area contributed by atoms with Crippen LogP contribution >= 0.6 is 0 Å². The van der Waals surface area contributed by atoms with Crippen molar-refractivity contribution >= 4 is 18.0 Å². The van der Waals surface area contributed by atoms with E-state index in [0.717, 1.165) is 12.0 Å². The maximum Gasteiger partial charge on any atom is 0.491 e. The van der Waals surface area contributed by atoms with Crippen LogP contribution in [0.15, 0.2) is 30.3 Å². The molecule has 0 aromatic heterocycles. The van der Waals surface area contributed by atoms with E-state index in [0.29, 0.717) is 45.4 Å². The van der Waals surface area contributed by atoms with E-state index in [4.69, 9.17) is 4.74 Å². The summed E-state index contributed by atoms with van der Waals surface area (Å²) in [5, 5.41) is 0. The van der Waals surface area contributed by atoms with Gasteiger partial charge >= 0.3 is 24.2 Å². The number of halogens is 3. The lowest BCUT2D eigenvalue weighted by molar-refractivity contribution is -0.204. The standard InChI is InChI=1S/C21H25F3N2O5/c22-21(23,24)19(28)31-18(27)16-8-4-5-9-17(16)25-10-12-26(13-11-25)20(29)30-14-15-6-2-1-3-7-15/h1-3,6-7,16-17H,4-5,8-14H2/t16-,17-/m1/s1.